The molecule has 0 aliphatic carbocycles. The van der Waals surface area contributed by atoms with Crippen LogP contribution in [0.15, 0.2) is 16.5 Å². The zero-order valence-corrected chi connectivity index (χ0v) is 10.3. The maximum atomic E-state index is 11.7. The molecule has 0 bridgehead atoms. The molecule has 2 rings (SSSR count). The number of amides is 1. The molecule has 1 amide bonds. The fourth-order valence-corrected chi connectivity index (χ4v) is 1.79. The van der Waals surface area contributed by atoms with Crippen molar-refractivity contribution < 1.29 is 18.9 Å². The first-order valence-corrected chi connectivity index (χ1v) is 5.99. The van der Waals surface area contributed by atoms with Gasteiger partial charge < -0.3 is 14.5 Å². The predicted molar refractivity (Wildman–Crippen MR) is 65.0 cm³/mol. The van der Waals surface area contributed by atoms with Gasteiger partial charge in [-0.25, -0.2) is 0 Å². The summed E-state index contributed by atoms with van der Waals surface area (Å²) in [6, 6.07) is 2.46. The van der Waals surface area contributed by atoms with Crippen LogP contribution >= 0.6 is 0 Å². The number of ether oxygens (including phenoxy) is 1. The highest BCUT2D eigenvalue weighted by Gasteiger charge is 2.17. The zero-order chi connectivity index (χ0) is 13.7. The van der Waals surface area contributed by atoms with E-state index in [-0.39, 0.29) is 5.76 Å². The van der Waals surface area contributed by atoms with Crippen LogP contribution in [0.2, 0.25) is 0 Å². The Kier molecular flexibility index (Phi) is 4.48. The fraction of sp³-hybridized carbons (Fsp3) is 0.545. The third-order valence-corrected chi connectivity index (χ3v) is 2.81. The Morgan fingerprint density at radius 2 is 2.16 bits per heavy atom. The Labute approximate surface area is 109 Å². The Morgan fingerprint density at radius 3 is 2.79 bits per heavy atom. The molecular weight excluding hydrogens is 254 g/mol. The number of nitrogens with one attached hydrogen (secondary N) is 1. The summed E-state index contributed by atoms with van der Waals surface area (Å²) in [6.45, 7) is 4.30. The number of hydrogen-bond donors (Lipinski definition) is 1. The molecule has 1 saturated heterocycles. The number of furan rings is 1. The first-order chi connectivity index (χ1) is 9.16. The third kappa shape index (κ3) is 3.76. The molecule has 1 aliphatic rings. The highest BCUT2D eigenvalue weighted by molar-refractivity contribution is 5.91. The maximum Gasteiger partial charge on any atom is 0.433 e. The van der Waals surface area contributed by atoms with E-state index in [1.54, 1.807) is 0 Å². The van der Waals surface area contributed by atoms with Crippen LogP contribution in [0.1, 0.15) is 10.6 Å². The van der Waals surface area contributed by atoms with Crippen LogP contribution in [0.25, 0.3) is 0 Å². The van der Waals surface area contributed by atoms with Crippen LogP contribution in [-0.2, 0) is 4.74 Å². The van der Waals surface area contributed by atoms with Gasteiger partial charge in [0.1, 0.15) is 4.92 Å². The summed E-state index contributed by atoms with van der Waals surface area (Å²) in [4.78, 5) is 23.6. The summed E-state index contributed by atoms with van der Waals surface area (Å²) in [5.74, 6) is -0.923. The topological polar surface area (TPSA) is 97.9 Å². The van der Waals surface area contributed by atoms with Crippen molar-refractivity contribution in [1.82, 2.24) is 10.2 Å². The SMILES string of the molecule is O=C(NCCN1CCOCC1)c1ccc([N+](=O)[O-])o1. The smallest absolute Gasteiger partial charge is 0.395 e. The minimum atomic E-state index is -0.676. The van der Waals surface area contributed by atoms with Crippen LogP contribution in [0, 0.1) is 10.1 Å². The van der Waals surface area contributed by atoms with E-state index in [1.165, 1.54) is 6.07 Å². The lowest BCUT2D eigenvalue weighted by molar-refractivity contribution is -0.402. The molecule has 8 heteroatoms. The van der Waals surface area contributed by atoms with E-state index >= 15 is 0 Å². The molecule has 0 atom stereocenters. The molecule has 1 aromatic rings. The molecule has 1 fully saturated rings. The van der Waals surface area contributed by atoms with E-state index in [2.05, 4.69) is 10.2 Å². The van der Waals surface area contributed by atoms with Gasteiger partial charge in [-0.2, -0.15) is 0 Å². The van der Waals surface area contributed by atoms with E-state index in [9.17, 15) is 14.9 Å². The van der Waals surface area contributed by atoms with Gasteiger partial charge in [0.25, 0.3) is 5.91 Å². The molecule has 1 N–H and O–H groups in total. The second-order valence-corrected chi connectivity index (χ2v) is 4.10. The van der Waals surface area contributed by atoms with Crippen molar-refractivity contribution in [3.63, 3.8) is 0 Å². The first kappa shape index (κ1) is 13.5. The number of morpholine rings is 1. The van der Waals surface area contributed by atoms with Crippen molar-refractivity contribution in [2.75, 3.05) is 39.4 Å². The lowest BCUT2D eigenvalue weighted by Crippen LogP contribution is -2.41. The zero-order valence-electron chi connectivity index (χ0n) is 10.3. The van der Waals surface area contributed by atoms with Gasteiger partial charge in [0.15, 0.2) is 5.76 Å². The minimum absolute atomic E-state index is 0.0475. The Morgan fingerprint density at radius 1 is 1.42 bits per heavy atom. The van der Waals surface area contributed by atoms with Gasteiger partial charge >= 0.3 is 5.88 Å². The highest BCUT2D eigenvalue weighted by atomic mass is 16.6. The largest absolute Gasteiger partial charge is 0.433 e. The summed E-state index contributed by atoms with van der Waals surface area (Å²) in [7, 11) is 0. The molecule has 1 aliphatic heterocycles. The number of nitrogens with zero attached hydrogens (tertiary/aromatic N) is 2. The van der Waals surface area contributed by atoms with Crippen molar-refractivity contribution in [3.05, 3.63) is 28.0 Å². The van der Waals surface area contributed by atoms with Crippen LogP contribution in [-0.4, -0.2) is 55.1 Å². The van der Waals surface area contributed by atoms with Crippen LogP contribution in [0.5, 0.6) is 0 Å². The standard InChI is InChI=1S/C11H15N3O5/c15-11(9-1-2-10(19-9)14(16)17)12-3-4-13-5-7-18-8-6-13/h1-2H,3-8H2,(H,12,15). The first-order valence-electron chi connectivity index (χ1n) is 5.99. The molecule has 0 saturated carbocycles. The van der Waals surface area contributed by atoms with Crippen molar-refractivity contribution in [2.24, 2.45) is 0 Å². The highest BCUT2D eigenvalue weighted by Crippen LogP contribution is 2.15. The lowest BCUT2D eigenvalue weighted by atomic mass is 10.4. The number of carbonyl (C=O) groups is 1. The van der Waals surface area contributed by atoms with Gasteiger partial charge in [-0.15, -0.1) is 0 Å². The number of carbonyl (C=O) groups excluding carboxylic acids is 1. The molecule has 0 radical (unpaired) electrons. The number of hydrogen-bond acceptors (Lipinski definition) is 6. The molecule has 19 heavy (non-hydrogen) atoms. The van der Waals surface area contributed by atoms with E-state index in [0.29, 0.717) is 19.8 Å². The van der Waals surface area contributed by atoms with Crippen LogP contribution < -0.4 is 5.32 Å². The Balaban J connectivity index is 1.75. The molecule has 104 valence electrons. The lowest BCUT2D eigenvalue weighted by Gasteiger charge is -2.26. The summed E-state index contributed by atoms with van der Waals surface area (Å²) in [6.07, 6.45) is 0. The van der Waals surface area contributed by atoms with Crippen molar-refractivity contribution in [1.29, 1.82) is 0 Å². The van der Waals surface area contributed by atoms with Gasteiger partial charge in [-0.1, -0.05) is 0 Å². The molecule has 8 nitrogen and oxygen atoms in total. The molecule has 2 heterocycles. The van der Waals surface area contributed by atoms with E-state index < -0.39 is 16.7 Å². The Bertz CT molecular complexity index is 453. The molecular formula is C11H15N3O5. The second-order valence-electron chi connectivity index (χ2n) is 4.10. The van der Waals surface area contributed by atoms with E-state index in [0.717, 1.165) is 25.7 Å². The summed E-state index contributed by atoms with van der Waals surface area (Å²) < 4.78 is 10.0. The van der Waals surface area contributed by atoms with Crippen molar-refractivity contribution in [2.45, 2.75) is 0 Å². The van der Waals surface area contributed by atoms with Crippen LogP contribution in [0.3, 0.4) is 0 Å². The van der Waals surface area contributed by atoms with Crippen molar-refractivity contribution in [3.8, 4) is 0 Å². The second kappa shape index (κ2) is 6.30. The average molecular weight is 269 g/mol. The fourth-order valence-electron chi connectivity index (χ4n) is 1.79. The van der Waals surface area contributed by atoms with Gasteiger partial charge in [-0.05, 0) is 6.07 Å². The van der Waals surface area contributed by atoms with Gasteiger partial charge in [0.2, 0.25) is 0 Å². The molecule has 0 spiro atoms. The maximum absolute atomic E-state index is 11.7. The molecule has 0 aromatic carbocycles. The normalized spacial score (nSPS) is 16.2. The number of rotatable bonds is 5. The van der Waals surface area contributed by atoms with Crippen molar-refractivity contribution >= 4 is 11.8 Å². The third-order valence-electron chi connectivity index (χ3n) is 2.81. The summed E-state index contributed by atoms with van der Waals surface area (Å²) in [5, 5.41) is 13.1. The predicted octanol–water partition coefficient (Wildman–Crippen LogP) is 0.250. The summed E-state index contributed by atoms with van der Waals surface area (Å²) in [5.41, 5.74) is 0. The molecule has 1 aromatic heterocycles. The van der Waals surface area contributed by atoms with E-state index in [4.69, 9.17) is 9.15 Å². The minimum Gasteiger partial charge on any atom is -0.395 e. The average Bonchev–Trinajstić information content (AvgIpc) is 2.89. The van der Waals surface area contributed by atoms with Gasteiger partial charge in [0.05, 0.1) is 19.3 Å². The Hall–Kier alpha value is -1.93. The number of nitro groups is 1. The monoisotopic (exact) mass is 269 g/mol. The van der Waals surface area contributed by atoms with E-state index in [1.807, 2.05) is 0 Å². The summed E-state index contributed by atoms with van der Waals surface area (Å²) >= 11 is 0. The van der Waals surface area contributed by atoms with Gasteiger partial charge in [-0.3, -0.25) is 19.8 Å². The molecule has 0 unspecified atom stereocenters. The quantitative estimate of drug-likeness (QED) is 0.607. The van der Waals surface area contributed by atoms with Crippen LogP contribution in [0.4, 0.5) is 5.88 Å². The van der Waals surface area contributed by atoms with Gasteiger partial charge in [0, 0.05) is 26.2 Å².